The van der Waals surface area contributed by atoms with Crippen molar-refractivity contribution < 1.29 is 0 Å². The number of thiocarbonyl (C=S) groups is 1. The van der Waals surface area contributed by atoms with Gasteiger partial charge in [-0.25, -0.2) is 0 Å². The number of hydrogen-bond donors (Lipinski definition) is 1. The summed E-state index contributed by atoms with van der Waals surface area (Å²) in [6.07, 6.45) is 0. The number of halogens is 4. The molecule has 8 heteroatoms. The van der Waals surface area contributed by atoms with Crippen molar-refractivity contribution in [3.05, 3.63) is 62.1 Å². The molecule has 138 valence electrons. The lowest BCUT2D eigenvalue weighted by Gasteiger charge is -2.36. The molecule has 0 unspecified atom stereocenters. The zero-order valence-corrected chi connectivity index (χ0v) is 17.7. The average Bonchev–Trinajstić information content (AvgIpc) is 2.62. The van der Waals surface area contributed by atoms with Crippen molar-refractivity contribution in [2.24, 2.45) is 0 Å². The van der Waals surface area contributed by atoms with Crippen molar-refractivity contribution in [2.75, 3.05) is 31.5 Å². The summed E-state index contributed by atoms with van der Waals surface area (Å²) in [5.41, 5.74) is 1.88. The minimum atomic E-state index is 0.580. The van der Waals surface area contributed by atoms with Crippen LogP contribution in [0.5, 0.6) is 0 Å². The highest BCUT2D eigenvalue weighted by Gasteiger charge is 2.19. The van der Waals surface area contributed by atoms with Crippen molar-refractivity contribution in [3.8, 4) is 0 Å². The number of benzene rings is 2. The first-order valence-corrected chi connectivity index (χ1v) is 10.0. The van der Waals surface area contributed by atoms with E-state index in [1.807, 2.05) is 18.2 Å². The Morgan fingerprint density at radius 3 is 2.27 bits per heavy atom. The predicted molar refractivity (Wildman–Crippen MR) is 116 cm³/mol. The number of hydrogen-bond acceptors (Lipinski definition) is 2. The molecule has 1 heterocycles. The number of nitrogens with one attached hydrogen (secondary N) is 1. The van der Waals surface area contributed by atoms with Crippen molar-refractivity contribution in [1.29, 1.82) is 0 Å². The molecule has 0 amide bonds. The molecule has 1 saturated heterocycles. The maximum atomic E-state index is 6.19. The van der Waals surface area contributed by atoms with Gasteiger partial charge < -0.3 is 10.2 Å². The third-order valence-corrected chi connectivity index (χ3v) is 5.88. The Kier molecular flexibility index (Phi) is 6.89. The summed E-state index contributed by atoms with van der Waals surface area (Å²) in [6.45, 7) is 4.33. The summed E-state index contributed by atoms with van der Waals surface area (Å²) in [5, 5.41) is 6.22. The van der Waals surface area contributed by atoms with Crippen molar-refractivity contribution in [2.45, 2.75) is 6.54 Å². The van der Waals surface area contributed by atoms with Crippen LogP contribution in [0.2, 0.25) is 20.1 Å². The SMILES string of the molecule is S=C(Nc1cc(Cl)ccc1Cl)N1CCN(Cc2ccc(Cl)c(Cl)c2)CC1. The molecule has 26 heavy (non-hydrogen) atoms. The van der Waals surface area contributed by atoms with Crippen molar-refractivity contribution in [3.63, 3.8) is 0 Å². The molecular formula is C18H17Cl4N3S. The predicted octanol–water partition coefficient (Wildman–Crippen LogP) is 5.81. The maximum absolute atomic E-state index is 6.19. The number of anilines is 1. The summed E-state index contributed by atoms with van der Waals surface area (Å²) >= 11 is 29.8. The van der Waals surface area contributed by atoms with Crippen LogP contribution in [0.1, 0.15) is 5.56 Å². The van der Waals surface area contributed by atoms with Crippen LogP contribution in [-0.4, -0.2) is 41.1 Å². The van der Waals surface area contributed by atoms with Gasteiger partial charge in [0, 0.05) is 37.7 Å². The summed E-state index contributed by atoms with van der Waals surface area (Å²) in [6, 6.07) is 11.0. The zero-order chi connectivity index (χ0) is 18.7. The third kappa shape index (κ3) is 5.16. The van der Waals surface area contributed by atoms with Crippen LogP contribution in [0.15, 0.2) is 36.4 Å². The van der Waals surface area contributed by atoms with Gasteiger partial charge in [0.15, 0.2) is 5.11 Å². The quantitative estimate of drug-likeness (QED) is 0.596. The molecule has 0 aromatic heterocycles. The Bertz CT molecular complexity index is 807. The molecule has 1 N–H and O–H groups in total. The molecule has 0 atom stereocenters. The first-order valence-electron chi connectivity index (χ1n) is 8.09. The van der Waals surface area contributed by atoms with Gasteiger partial charge in [-0.3, -0.25) is 4.90 Å². The van der Waals surface area contributed by atoms with Crippen LogP contribution < -0.4 is 5.32 Å². The highest BCUT2D eigenvalue weighted by atomic mass is 35.5. The number of rotatable bonds is 3. The average molecular weight is 449 g/mol. The Labute approximate surface area is 178 Å². The number of piperazine rings is 1. The van der Waals surface area contributed by atoms with Gasteiger partial charge in [0.25, 0.3) is 0 Å². The Morgan fingerprint density at radius 1 is 0.885 bits per heavy atom. The fraction of sp³-hybridized carbons (Fsp3) is 0.278. The summed E-state index contributed by atoms with van der Waals surface area (Å²) < 4.78 is 0. The molecule has 2 aromatic carbocycles. The van der Waals surface area contributed by atoms with Gasteiger partial charge in [-0.2, -0.15) is 0 Å². The molecule has 1 aliphatic rings. The maximum Gasteiger partial charge on any atom is 0.173 e. The Balaban J connectivity index is 1.53. The molecular weight excluding hydrogens is 432 g/mol. The molecule has 0 radical (unpaired) electrons. The lowest BCUT2D eigenvalue weighted by atomic mass is 10.2. The molecule has 0 saturated carbocycles. The molecule has 1 aliphatic heterocycles. The minimum Gasteiger partial charge on any atom is -0.346 e. The van der Waals surface area contributed by atoms with Gasteiger partial charge in [0.2, 0.25) is 0 Å². The van der Waals surface area contributed by atoms with E-state index in [1.165, 1.54) is 0 Å². The van der Waals surface area contributed by atoms with Crippen molar-refractivity contribution >= 4 is 69.4 Å². The van der Waals surface area contributed by atoms with Crippen LogP contribution in [0.25, 0.3) is 0 Å². The van der Waals surface area contributed by atoms with Gasteiger partial charge in [-0.15, -0.1) is 0 Å². The zero-order valence-electron chi connectivity index (χ0n) is 13.8. The fourth-order valence-electron chi connectivity index (χ4n) is 2.79. The van der Waals surface area contributed by atoms with E-state index in [2.05, 4.69) is 15.1 Å². The van der Waals surface area contributed by atoms with Crippen LogP contribution in [0.3, 0.4) is 0 Å². The molecule has 3 nitrogen and oxygen atoms in total. The molecule has 2 aromatic rings. The monoisotopic (exact) mass is 447 g/mol. The van der Waals surface area contributed by atoms with E-state index in [-0.39, 0.29) is 0 Å². The molecule has 0 bridgehead atoms. The van der Waals surface area contributed by atoms with E-state index in [0.717, 1.165) is 44.0 Å². The van der Waals surface area contributed by atoms with Gasteiger partial charge in [0.05, 0.1) is 20.8 Å². The van der Waals surface area contributed by atoms with E-state index in [4.69, 9.17) is 58.6 Å². The summed E-state index contributed by atoms with van der Waals surface area (Å²) in [7, 11) is 0. The Morgan fingerprint density at radius 2 is 1.58 bits per heavy atom. The first kappa shape index (κ1) is 20.0. The summed E-state index contributed by atoms with van der Waals surface area (Å²) in [4.78, 5) is 4.50. The van der Waals surface area contributed by atoms with Gasteiger partial charge in [-0.1, -0.05) is 52.5 Å². The van der Waals surface area contributed by atoms with E-state index in [1.54, 1.807) is 18.2 Å². The largest absolute Gasteiger partial charge is 0.346 e. The first-order chi connectivity index (χ1) is 12.4. The van der Waals surface area contributed by atoms with Crippen LogP contribution in [-0.2, 0) is 6.54 Å². The fourth-order valence-corrected chi connectivity index (χ4v) is 3.74. The second kappa shape index (κ2) is 8.96. The minimum absolute atomic E-state index is 0.580. The van der Waals surface area contributed by atoms with E-state index >= 15 is 0 Å². The smallest absolute Gasteiger partial charge is 0.173 e. The summed E-state index contributed by atoms with van der Waals surface area (Å²) in [5.74, 6) is 0. The highest BCUT2D eigenvalue weighted by molar-refractivity contribution is 7.80. The van der Waals surface area contributed by atoms with E-state index < -0.39 is 0 Å². The van der Waals surface area contributed by atoms with Crippen molar-refractivity contribution in [1.82, 2.24) is 9.80 Å². The second-order valence-electron chi connectivity index (χ2n) is 6.07. The topological polar surface area (TPSA) is 18.5 Å². The Hall–Kier alpha value is -0.750. The lowest BCUT2D eigenvalue weighted by Crippen LogP contribution is -2.49. The lowest BCUT2D eigenvalue weighted by molar-refractivity contribution is 0.177. The standard InChI is InChI=1S/C18H17Cl4N3S/c19-13-2-4-15(21)17(10-13)23-18(26)25-7-5-24(6-8-25)11-12-1-3-14(20)16(22)9-12/h1-4,9-10H,5-8,11H2,(H,23,26). The van der Waals surface area contributed by atoms with Gasteiger partial charge in [-0.05, 0) is 48.1 Å². The second-order valence-corrected chi connectivity index (χ2v) is 8.11. The van der Waals surface area contributed by atoms with Gasteiger partial charge >= 0.3 is 0 Å². The van der Waals surface area contributed by atoms with E-state index in [9.17, 15) is 0 Å². The molecule has 3 rings (SSSR count). The van der Waals surface area contributed by atoms with Crippen LogP contribution in [0, 0.1) is 0 Å². The van der Waals surface area contributed by atoms with Crippen LogP contribution >= 0.6 is 58.6 Å². The molecule has 0 spiro atoms. The van der Waals surface area contributed by atoms with Crippen LogP contribution in [0.4, 0.5) is 5.69 Å². The normalized spacial score (nSPS) is 15.2. The third-order valence-electron chi connectivity index (χ3n) is 4.22. The highest BCUT2D eigenvalue weighted by Crippen LogP contribution is 2.26. The van der Waals surface area contributed by atoms with Gasteiger partial charge in [0.1, 0.15) is 0 Å². The molecule has 1 fully saturated rings. The number of nitrogens with zero attached hydrogens (tertiary/aromatic N) is 2. The van der Waals surface area contributed by atoms with E-state index in [0.29, 0.717) is 25.2 Å². The molecule has 0 aliphatic carbocycles.